The highest BCUT2D eigenvalue weighted by Crippen LogP contribution is 2.37. The Kier molecular flexibility index (Phi) is 4.74. The zero-order valence-electron chi connectivity index (χ0n) is 19.4. The van der Waals surface area contributed by atoms with Crippen molar-refractivity contribution in [1.29, 1.82) is 0 Å². The van der Waals surface area contributed by atoms with Gasteiger partial charge in [0.05, 0.1) is 22.2 Å². The molecule has 174 valence electrons. The normalized spacial score (nSPS) is 21.5. The summed E-state index contributed by atoms with van der Waals surface area (Å²) in [6, 6.07) is 24.9. The number of hydrogen-bond acceptors (Lipinski definition) is 4. The highest BCUT2D eigenvalue weighted by Gasteiger charge is 2.35. The van der Waals surface area contributed by atoms with Crippen LogP contribution in [0, 0.1) is 5.92 Å². The summed E-state index contributed by atoms with van der Waals surface area (Å²) in [5.41, 5.74) is 6.21. The molecule has 8 rings (SSSR count). The smallest absolute Gasteiger partial charge is 0.261 e. The molecule has 0 aliphatic carbocycles. The Bertz CT molecular complexity index is 1560. The lowest BCUT2D eigenvalue weighted by atomic mass is 9.83. The van der Waals surface area contributed by atoms with E-state index in [1.807, 2.05) is 36.4 Å². The number of imidazole rings is 1. The van der Waals surface area contributed by atoms with E-state index in [0.29, 0.717) is 23.3 Å². The van der Waals surface area contributed by atoms with E-state index in [4.69, 9.17) is 4.98 Å². The molecule has 3 fully saturated rings. The zero-order valence-corrected chi connectivity index (χ0v) is 19.4. The lowest BCUT2D eigenvalue weighted by Gasteiger charge is -2.45. The van der Waals surface area contributed by atoms with Gasteiger partial charge in [0.25, 0.3) is 5.56 Å². The highest BCUT2D eigenvalue weighted by molar-refractivity contribution is 6.01. The highest BCUT2D eigenvalue weighted by atomic mass is 16.1. The van der Waals surface area contributed by atoms with Crippen molar-refractivity contribution in [3.63, 3.8) is 0 Å². The molecule has 6 nitrogen and oxygen atoms in total. The quantitative estimate of drug-likeness (QED) is 0.342. The summed E-state index contributed by atoms with van der Waals surface area (Å²) in [6.45, 7) is 3.36. The maximum Gasteiger partial charge on any atom is 0.261 e. The van der Waals surface area contributed by atoms with Gasteiger partial charge in [-0.05, 0) is 67.2 Å². The van der Waals surface area contributed by atoms with Crippen LogP contribution in [0.5, 0.6) is 0 Å². The van der Waals surface area contributed by atoms with Gasteiger partial charge >= 0.3 is 0 Å². The lowest BCUT2D eigenvalue weighted by Crippen LogP contribution is -2.53. The van der Waals surface area contributed by atoms with E-state index < -0.39 is 0 Å². The van der Waals surface area contributed by atoms with Crippen molar-refractivity contribution in [2.24, 2.45) is 5.92 Å². The van der Waals surface area contributed by atoms with Crippen LogP contribution in [0.15, 0.2) is 77.6 Å². The van der Waals surface area contributed by atoms with E-state index in [-0.39, 0.29) is 5.56 Å². The van der Waals surface area contributed by atoms with E-state index in [1.54, 1.807) is 0 Å². The molecule has 2 bridgehead atoms. The molecule has 0 saturated carbocycles. The van der Waals surface area contributed by atoms with E-state index in [1.165, 1.54) is 25.9 Å². The van der Waals surface area contributed by atoms with E-state index >= 15 is 0 Å². The summed E-state index contributed by atoms with van der Waals surface area (Å²) >= 11 is 0. The predicted molar refractivity (Wildman–Crippen MR) is 142 cm³/mol. The fourth-order valence-electron chi connectivity index (χ4n) is 5.86. The molecule has 1 atom stereocenters. The van der Waals surface area contributed by atoms with E-state index in [9.17, 15) is 4.79 Å². The number of aromatic amines is 2. The molecule has 0 unspecified atom stereocenters. The number of nitrogens with zero attached hydrogens (tertiary/aromatic N) is 2. The Morgan fingerprint density at radius 2 is 1.66 bits per heavy atom. The first-order chi connectivity index (χ1) is 17.2. The predicted octanol–water partition coefficient (Wildman–Crippen LogP) is 5.24. The summed E-state index contributed by atoms with van der Waals surface area (Å²) < 4.78 is 0. The molecule has 0 amide bonds. The van der Waals surface area contributed by atoms with Crippen LogP contribution < -0.4 is 10.9 Å². The first-order valence-corrected chi connectivity index (χ1v) is 12.4. The summed E-state index contributed by atoms with van der Waals surface area (Å²) in [5.74, 6) is 1.22. The molecule has 3 aromatic carbocycles. The third-order valence-corrected chi connectivity index (χ3v) is 7.73. The molecule has 3 N–H and O–H groups in total. The minimum absolute atomic E-state index is 0.132. The Labute approximate surface area is 203 Å². The Hall–Kier alpha value is -3.90. The molecule has 6 heteroatoms. The number of nitrogens with one attached hydrogen (secondary N) is 3. The summed E-state index contributed by atoms with van der Waals surface area (Å²) in [6.07, 6.45) is 2.40. The van der Waals surface area contributed by atoms with Crippen molar-refractivity contribution >= 4 is 27.6 Å². The Morgan fingerprint density at radius 3 is 2.43 bits per heavy atom. The minimum Gasteiger partial charge on any atom is -0.379 e. The zero-order chi connectivity index (χ0) is 23.4. The summed E-state index contributed by atoms with van der Waals surface area (Å²) in [4.78, 5) is 27.4. The SMILES string of the molecule is O=c1[nH]c2ccc(-c3ccccc3)cc2c(N[C@H]2CN3CCC2CC3)c1-c1nc2ccccc2[nH]1. The molecule has 0 radical (unpaired) electrons. The maximum atomic E-state index is 13.5. The van der Waals surface area contributed by atoms with Crippen molar-refractivity contribution in [3.8, 4) is 22.5 Å². The third kappa shape index (κ3) is 3.53. The van der Waals surface area contributed by atoms with Gasteiger partial charge in [0.15, 0.2) is 0 Å². The number of pyridine rings is 1. The second-order valence-corrected chi connectivity index (χ2v) is 9.82. The topological polar surface area (TPSA) is 76.8 Å². The van der Waals surface area contributed by atoms with Gasteiger partial charge in [0.1, 0.15) is 11.4 Å². The van der Waals surface area contributed by atoms with Gasteiger partial charge in [0.2, 0.25) is 0 Å². The average Bonchev–Trinajstić information content (AvgIpc) is 3.33. The van der Waals surface area contributed by atoms with E-state index in [0.717, 1.165) is 45.3 Å². The van der Waals surface area contributed by atoms with Crippen LogP contribution in [0.25, 0.3) is 44.5 Å². The van der Waals surface area contributed by atoms with Crippen LogP contribution in [0.3, 0.4) is 0 Å². The van der Waals surface area contributed by atoms with Gasteiger partial charge in [-0.1, -0.05) is 48.5 Å². The number of piperidine rings is 3. The molecule has 2 aromatic heterocycles. The first-order valence-electron chi connectivity index (χ1n) is 12.4. The van der Waals surface area contributed by atoms with Crippen LogP contribution >= 0.6 is 0 Å². The first kappa shape index (κ1) is 20.5. The lowest BCUT2D eigenvalue weighted by molar-refractivity contribution is 0.0976. The maximum absolute atomic E-state index is 13.5. The number of hydrogen-bond donors (Lipinski definition) is 3. The Balaban J connectivity index is 1.45. The standard InChI is InChI=1S/C29H27N5O/c35-29-26(28-31-23-8-4-5-9-24(23)32-28)27(30-25-17-34-14-12-19(25)13-15-34)21-16-20(10-11-22(21)33-29)18-6-2-1-3-7-18/h1-11,16,19,25H,12-15,17H2,(H,31,32)(H2,30,33,35)/t25-/m0/s1. The molecule has 5 heterocycles. The van der Waals surface area contributed by atoms with Crippen LogP contribution in [-0.2, 0) is 0 Å². The second-order valence-electron chi connectivity index (χ2n) is 9.82. The number of H-pyrrole nitrogens is 2. The number of anilines is 1. The molecular formula is C29H27N5O. The minimum atomic E-state index is -0.132. The van der Waals surface area contributed by atoms with E-state index in [2.05, 4.69) is 56.6 Å². The van der Waals surface area contributed by atoms with Crippen molar-refractivity contribution in [3.05, 3.63) is 83.2 Å². The third-order valence-electron chi connectivity index (χ3n) is 7.73. The fraction of sp³-hybridized carbons (Fsp3) is 0.241. The van der Waals surface area contributed by atoms with Crippen LogP contribution in [0.2, 0.25) is 0 Å². The monoisotopic (exact) mass is 461 g/mol. The molecule has 3 aliphatic rings. The van der Waals surface area contributed by atoms with Crippen molar-refractivity contribution < 1.29 is 0 Å². The largest absolute Gasteiger partial charge is 0.379 e. The van der Waals surface area contributed by atoms with Crippen LogP contribution in [0.1, 0.15) is 12.8 Å². The van der Waals surface area contributed by atoms with Crippen molar-refractivity contribution in [2.45, 2.75) is 18.9 Å². The molecule has 5 aromatic rings. The average molecular weight is 462 g/mol. The van der Waals surface area contributed by atoms with Gasteiger partial charge in [-0.15, -0.1) is 0 Å². The summed E-state index contributed by atoms with van der Waals surface area (Å²) in [7, 11) is 0. The van der Waals surface area contributed by atoms with Crippen LogP contribution in [-0.4, -0.2) is 45.5 Å². The fourth-order valence-corrected chi connectivity index (χ4v) is 5.86. The van der Waals surface area contributed by atoms with Gasteiger partial charge < -0.3 is 20.2 Å². The number of rotatable bonds is 4. The number of benzene rings is 3. The second kappa shape index (κ2) is 8.10. The number of para-hydroxylation sites is 2. The molecular weight excluding hydrogens is 434 g/mol. The molecule has 3 aliphatic heterocycles. The Morgan fingerprint density at radius 1 is 0.857 bits per heavy atom. The van der Waals surface area contributed by atoms with Crippen LogP contribution in [0.4, 0.5) is 5.69 Å². The molecule has 0 spiro atoms. The van der Waals surface area contributed by atoms with Crippen molar-refractivity contribution in [2.75, 3.05) is 25.0 Å². The summed E-state index contributed by atoms with van der Waals surface area (Å²) in [5, 5.41) is 4.88. The van der Waals surface area contributed by atoms with Gasteiger partial charge in [-0.25, -0.2) is 4.98 Å². The number of fused-ring (bicyclic) bond motifs is 5. The van der Waals surface area contributed by atoms with Gasteiger partial charge in [-0.2, -0.15) is 0 Å². The number of aromatic nitrogens is 3. The van der Waals surface area contributed by atoms with Gasteiger partial charge in [-0.3, -0.25) is 4.79 Å². The van der Waals surface area contributed by atoms with Crippen molar-refractivity contribution in [1.82, 2.24) is 19.9 Å². The molecule has 35 heavy (non-hydrogen) atoms. The molecule has 3 saturated heterocycles. The van der Waals surface area contributed by atoms with Gasteiger partial charge in [0, 0.05) is 18.0 Å².